The Kier molecular flexibility index (Phi) is 5.33. The van der Waals surface area contributed by atoms with Crippen molar-refractivity contribution in [2.75, 3.05) is 13.7 Å². The summed E-state index contributed by atoms with van der Waals surface area (Å²) in [6.45, 7) is 0.693. The summed E-state index contributed by atoms with van der Waals surface area (Å²) >= 11 is 0. The number of hydrogen-bond donors (Lipinski definition) is 0. The number of aldehydes is 1. The molecule has 0 N–H and O–H groups in total. The SMILES string of the molecule is COCCCC=O. The van der Waals surface area contributed by atoms with Crippen molar-refractivity contribution >= 4 is 6.29 Å². The van der Waals surface area contributed by atoms with Gasteiger partial charge in [-0.25, -0.2) is 0 Å². The summed E-state index contributed by atoms with van der Waals surface area (Å²) in [7, 11) is 1.63. The Balaban J connectivity index is 2.56. The van der Waals surface area contributed by atoms with Crippen LogP contribution in [0, 0.1) is 0 Å². The maximum Gasteiger partial charge on any atom is 0.120 e. The zero-order valence-corrected chi connectivity index (χ0v) is 4.52. The van der Waals surface area contributed by atoms with Crippen LogP contribution in [0.4, 0.5) is 0 Å². The lowest BCUT2D eigenvalue weighted by Crippen LogP contribution is -1.87. The van der Waals surface area contributed by atoms with Crippen LogP contribution in [0.2, 0.25) is 0 Å². The van der Waals surface area contributed by atoms with E-state index in [2.05, 4.69) is 4.74 Å². The zero-order valence-electron chi connectivity index (χ0n) is 4.52. The first-order chi connectivity index (χ1) is 3.41. The van der Waals surface area contributed by atoms with E-state index in [1.54, 1.807) is 7.11 Å². The Labute approximate surface area is 43.5 Å². The second-order valence-corrected chi connectivity index (χ2v) is 1.30. The number of unbranched alkanes of at least 4 members (excludes halogenated alkanes) is 1. The van der Waals surface area contributed by atoms with Crippen molar-refractivity contribution in [3.63, 3.8) is 0 Å². The maximum atomic E-state index is 9.62. The molecular formula is C5H10O2. The van der Waals surface area contributed by atoms with Crippen LogP contribution in [-0.4, -0.2) is 20.0 Å². The van der Waals surface area contributed by atoms with Gasteiger partial charge in [0.25, 0.3) is 0 Å². The predicted octanol–water partition coefficient (Wildman–Crippen LogP) is 0.612. The monoisotopic (exact) mass is 102 g/mol. The second-order valence-electron chi connectivity index (χ2n) is 1.30. The van der Waals surface area contributed by atoms with E-state index in [9.17, 15) is 4.79 Å². The van der Waals surface area contributed by atoms with Crippen molar-refractivity contribution in [2.24, 2.45) is 0 Å². The molecule has 0 saturated heterocycles. The number of carbonyl (C=O) groups excluding carboxylic acids is 1. The van der Waals surface area contributed by atoms with Crippen molar-refractivity contribution in [2.45, 2.75) is 12.8 Å². The van der Waals surface area contributed by atoms with Gasteiger partial charge in [-0.2, -0.15) is 0 Å². The summed E-state index contributed by atoms with van der Waals surface area (Å²) in [6.07, 6.45) is 2.37. The summed E-state index contributed by atoms with van der Waals surface area (Å²) in [4.78, 5) is 9.62. The highest BCUT2D eigenvalue weighted by Crippen LogP contribution is 1.81. The fraction of sp³-hybridized carbons (Fsp3) is 0.800. The van der Waals surface area contributed by atoms with Gasteiger partial charge in [-0.3, -0.25) is 0 Å². The molecular weight excluding hydrogens is 92.1 g/mol. The highest BCUT2D eigenvalue weighted by molar-refractivity contribution is 5.48. The molecule has 2 heteroatoms. The molecule has 2 nitrogen and oxygen atoms in total. The molecule has 0 spiro atoms. The Morgan fingerprint density at radius 2 is 2.43 bits per heavy atom. The molecule has 0 aliphatic heterocycles. The highest BCUT2D eigenvalue weighted by atomic mass is 16.5. The Morgan fingerprint density at radius 1 is 1.71 bits per heavy atom. The van der Waals surface area contributed by atoms with Gasteiger partial charge in [0.2, 0.25) is 0 Å². The van der Waals surface area contributed by atoms with Crippen LogP contribution in [0.15, 0.2) is 0 Å². The molecule has 0 aromatic heterocycles. The second kappa shape index (κ2) is 5.63. The van der Waals surface area contributed by atoms with E-state index < -0.39 is 0 Å². The molecule has 42 valence electrons. The average molecular weight is 102 g/mol. The molecule has 0 bridgehead atoms. The summed E-state index contributed by atoms with van der Waals surface area (Å²) in [5, 5.41) is 0. The van der Waals surface area contributed by atoms with Crippen LogP contribution in [-0.2, 0) is 9.53 Å². The molecule has 0 fully saturated rings. The lowest BCUT2D eigenvalue weighted by atomic mass is 10.4. The van der Waals surface area contributed by atoms with E-state index in [4.69, 9.17) is 0 Å². The molecule has 0 saturated carbocycles. The van der Waals surface area contributed by atoms with Crippen LogP contribution < -0.4 is 0 Å². The first kappa shape index (κ1) is 6.63. The van der Waals surface area contributed by atoms with Crippen molar-refractivity contribution in [1.82, 2.24) is 0 Å². The van der Waals surface area contributed by atoms with Crippen molar-refractivity contribution in [3.8, 4) is 0 Å². The maximum absolute atomic E-state index is 9.62. The van der Waals surface area contributed by atoms with Crippen LogP contribution in [0.5, 0.6) is 0 Å². The van der Waals surface area contributed by atoms with Gasteiger partial charge in [-0.15, -0.1) is 0 Å². The summed E-state index contributed by atoms with van der Waals surface area (Å²) < 4.78 is 4.69. The minimum absolute atomic E-state index is 0.619. The Bertz CT molecular complexity index is 43.3. The van der Waals surface area contributed by atoms with Crippen molar-refractivity contribution < 1.29 is 9.53 Å². The molecule has 0 aromatic carbocycles. The molecule has 0 rings (SSSR count). The number of hydrogen-bond acceptors (Lipinski definition) is 2. The predicted molar refractivity (Wildman–Crippen MR) is 27.2 cm³/mol. The van der Waals surface area contributed by atoms with Gasteiger partial charge in [0.05, 0.1) is 0 Å². The fourth-order valence-corrected chi connectivity index (χ4v) is 0.311. The first-order valence-corrected chi connectivity index (χ1v) is 2.34. The molecule has 0 aromatic rings. The molecule has 0 radical (unpaired) electrons. The van der Waals surface area contributed by atoms with E-state index in [0.717, 1.165) is 12.7 Å². The zero-order chi connectivity index (χ0) is 5.54. The number of methoxy groups -OCH3 is 1. The largest absolute Gasteiger partial charge is 0.385 e. The minimum atomic E-state index is 0.619. The van der Waals surface area contributed by atoms with Crippen LogP contribution in [0.25, 0.3) is 0 Å². The van der Waals surface area contributed by atoms with Gasteiger partial charge in [0.1, 0.15) is 6.29 Å². The van der Waals surface area contributed by atoms with Gasteiger partial charge in [-0.1, -0.05) is 0 Å². The first-order valence-electron chi connectivity index (χ1n) is 2.34. The summed E-state index contributed by atoms with van der Waals surface area (Å²) in [5.74, 6) is 0. The van der Waals surface area contributed by atoms with Crippen LogP contribution in [0.1, 0.15) is 12.8 Å². The smallest absolute Gasteiger partial charge is 0.120 e. The Hall–Kier alpha value is -0.370. The molecule has 0 unspecified atom stereocenters. The van der Waals surface area contributed by atoms with Gasteiger partial charge in [0, 0.05) is 20.1 Å². The average Bonchev–Trinajstić information content (AvgIpc) is 1.69. The lowest BCUT2D eigenvalue weighted by Gasteiger charge is -1.89. The normalized spacial score (nSPS) is 8.71. The molecule has 0 amide bonds. The highest BCUT2D eigenvalue weighted by Gasteiger charge is 1.79. The molecule has 0 atom stereocenters. The van der Waals surface area contributed by atoms with Gasteiger partial charge < -0.3 is 9.53 Å². The third-order valence-electron chi connectivity index (χ3n) is 0.670. The third kappa shape index (κ3) is 5.63. The van der Waals surface area contributed by atoms with Crippen molar-refractivity contribution in [1.29, 1.82) is 0 Å². The minimum Gasteiger partial charge on any atom is -0.385 e. The van der Waals surface area contributed by atoms with E-state index in [-0.39, 0.29) is 0 Å². The summed E-state index contributed by atoms with van der Waals surface area (Å²) in [6, 6.07) is 0. The lowest BCUT2D eigenvalue weighted by molar-refractivity contribution is -0.108. The number of carbonyl (C=O) groups is 1. The van der Waals surface area contributed by atoms with E-state index in [0.29, 0.717) is 13.0 Å². The quantitative estimate of drug-likeness (QED) is 0.384. The van der Waals surface area contributed by atoms with Crippen molar-refractivity contribution in [3.05, 3.63) is 0 Å². The van der Waals surface area contributed by atoms with Gasteiger partial charge in [-0.05, 0) is 6.42 Å². The third-order valence-corrected chi connectivity index (χ3v) is 0.670. The van der Waals surface area contributed by atoms with E-state index in [1.165, 1.54) is 0 Å². The van der Waals surface area contributed by atoms with Gasteiger partial charge in [0.15, 0.2) is 0 Å². The number of rotatable bonds is 4. The van der Waals surface area contributed by atoms with E-state index in [1.807, 2.05) is 0 Å². The number of ether oxygens (including phenoxy) is 1. The van der Waals surface area contributed by atoms with E-state index >= 15 is 0 Å². The summed E-state index contributed by atoms with van der Waals surface area (Å²) in [5.41, 5.74) is 0. The Morgan fingerprint density at radius 3 is 2.86 bits per heavy atom. The molecule has 0 aliphatic carbocycles. The molecule has 7 heavy (non-hydrogen) atoms. The fourth-order valence-electron chi connectivity index (χ4n) is 0.311. The molecule has 0 aliphatic rings. The topological polar surface area (TPSA) is 26.3 Å². The van der Waals surface area contributed by atoms with Crippen LogP contribution in [0.3, 0.4) is 0 Å². The standard InChI is InChI=1S/C5H10O2/c1-7-5-3-2-4-6/h4H,2-3,5H2,1H3. The van der Waals surface area contributed by atoms with Gasteiger partial charge >= 0.3 is 0 Å². The molecule has 0 heterocycles. The van der Waals surface area contributed by atoms with Crippen LogP contribution >= 0.6 is 0 Å².